The molecule has 1 aromatic carbocycles. The molecule has 23 heavy (non-hydrogen) atoms. The average molecular weight is 319 g/mol. The number of ether oxygens (including phenoxy) is 1. The van der Waals surface area contributed by atoms with E-state index in [1.165, 1.54) is 0 Å². The van der Waals surface area contributed by atoms with Gasteiger partial charge in [-0.15, -0.1) is 0 Å². The fourth-order valence-corrected chi connectivity index (χ4v) is 2.67. The standard InChI is InChI=1S/C17H25N3O3/c1-19(2)17(22)20(15-8-12-23-13-9-15)11-10-18-16(21)14-6-4-3-5-7-14/h3-7,15H,8-13H2,1-2H3,(H,18,21). The number of rotatable bonds is 5. The zero-order valence-corrected chi connectivity index (χ0v) is 13.8. The van der Waals surface area contributed by atoms with Gasteiger partial charge < -0.3 is 19.9 Å². The summed E-state index contributed by atoms with van der Waals surface area (Å²) >= 11 is 0. The fourth-order valence-electron chi connectivity index (χ4n) is 2.67. The van der Waals surface area contributed by atoms with Crippen LogP contribution in [0.2, 0.25) is 0 Å². The van der Waals surface area contributed by atoms with Gasteiger partial charge in [0, 0.05) is 52.0 Å². The van der Waals surface area contributed by atoms with Crippen LogP contribution in [0, 0.1) is 0 Å². The van der Waals surface area contributed by atoms with E-state index < -0.39 is 0 Å². The lowest BCUT2D eigenvalue weighted by Gasteiger charge is -2.36. The minimum absolute atomic E-state index is 0.0224. The zero-order chi connectivity index (χ0) is 16.7. The number of hydrogen-bond donors (Lipinski definition) is 1. The van der Waals surface area contributed by atoms with Crippen molar-refractivity contribution in [3.8, 4) is 0 Å². The number of urea groups is 1. The average Bonchev–Trinajstić information content (AvgIpc) is 2.59. The molecule has 0 radical (unpaired) electrons. The number of hydrogen-bond acceptors (Lipinski definition) is 3. The van der Waals surface area contributed by atoms with E-state index >= 15 is 0 Å². The van der Waals surface area contributed by atoms with Gasteiger partial charge >= 0.3 is 6.03 Å². The fraction of sp³-hybridized carbons (Fsp3) is 0.529. The molecule has 0 spiro atoms. The molecule has 2 rings (SSSR count). The van der Waals surface area contributed by atoms with Gasteiger partial charge in [-0.25, -0.2) is 4.79 Å². The molecule has 0 aliphatic carbocycles. The Kier molecular flexibility index (Phi) is 6.40. The van der Waals surface area contributed by atoms with Gasteiger partial charge in [0.1, 0.15) is 0 Å². The number of nitrogens with zero attached hydrogens (tertiary/aromatic N) is 2. The first-order valence-corrected chi connectivity index (χ1v) is 7.98. The normalized spacial score (nSPS) is 15.0. The largest absolute Gasteiger partial charge is 0.381 e. The third kappa shape index (κ3) is 4.96. The van der Waals surface area contributed by atoms with Crippen LogP contribution in [0.3, 0.4) is 0 Å². The molecule has 6 heteroatoms. The smallest absolute Gasteiger partial charge is 0.319 e. The van der Waals surface area contributed by atoms with Gasteiger partial charge in [0.15, 0.2) is 0 Å². The van der Waals surface area contributed by atoms with Crippen LogP contribution in [0.15, 0.2) is 30.3 Å². The summed E-state index contributed by atoms with van der Waals surface area (Å²) in [6.07, 6.45) is 1.68. The summed E-state index contributed by atoms with van der Waals surface area (Å²) in [5, 5.41) is 2.88. The highest BCUT2D eigenvalue weighted by Gasteiger charge is 2.26. The molecule has 1 aromatic rings. The summed E-state index contributed by atoms with van der Waals surface area (Å²) in [5.74, 6) is -0.116. The van der Waals surface area contributed by atoms with E-state index in [-0.39, 0.29) is 18.0 Å². The highest BCUT2D eigenvalue weighted by atomic mass is 16.5. The van der Waals surface area contributed by atoms with E-state index in [9.17, 15) is 9.59 Å². The second-order valence-corrected chi connectivity index (χ2v) is 5.84. The molecule has 1 aliphatic heterocycles. The molecule has 0 unspecified atom stereocenters. The molecule has 0 aromatic heterocycles. The molecule has 1 aliphatic rings. The first-order valence-electron chi connectivity index (χ1n) is 7.98. The molecule has 6 nitrogen and oxygen atoms in total. The number of amides is 3. The lowest BCUT2D eigenvalue weighted by molar-refractivity contribution is 0.0415. The SMILES string of the molecule is CN(C)C(=O)N(CCNC(=O)c1ccccc1)C1CCOCC1. The van der Waals surface area contributed by atoms with Crippen LogP contribution in [0.4, 0.5) is 4.79 Å². The number of carbonyl (C=O) groups is 2. The van der Waals surface area contributed by atoms with Crippen LogP contribution >= 0.6 is 0 Å². The third-order valence-corrected chi connectivity index (χ3v) is 3.93. The van der Waals surface area contributed by atoms with Crippen molar-refractivity contribution in [2.45, 2.75) is 18.9 Å². The first-order chi connectivity index (χ1) is 11.1. The molecule has 0 atom stereocenters. The van der Waals surface area contributed by atoms with Crippen molar-refractivity contribution in [2.75, 3.05) is 40.4 Å². The van der Waals surface area contributed by atoms with E-state index in [1.807, 2.05) is 23.1 Å². The molecule has 1 fully saturated rings. The summed E-state index contributed by atoms with van der Waals surface area (Å²) in [6, 6.07) is 9.24. The summed E-state index contributed by atoms with van der Waals surface area (Å²) in [7, 11) is 3.49. The number of benzene rings is 1. The highest BCUT2D eigenvalue weighted by molar-refractivity contribution is 5.94. The van der Waals surface area contributed by atoms with E-state index in [0.29, 0.717) is 31.9 Å². The Balaban J connectivity index is 1.90. The van der Waals surface area contributed by atoms with Crippen LogP contribution < -0.4 is 5.32 Å². The Labute approximate surface area is 137 Å². The van der Waals surface area contributed by atoms with Crippen molar-refractivity contribution in [3.05, 3.63) is 35.9 Å². The Morgan fingerprint density at radius 1 is 1.17 bits per heavy atom. The van der Waals surface area contributed by atoms with Gasteiger partial charge in [0.05, 0.1) is 0 Å². The van der Waals surface area contributed by atoms with Crippen LogP contribution in [0.1, 0.15) is 23.2 Å². The maximum atomic E-state index is 12.4. The molecule has 1 heterocycles. The zero-order valence-electron chi connectivity index (χ0n) is 13.8. The third-order valence-electron chi connectivity index (χ3n) is 3.93. The summed E-state index contributed by atoms with van der Waals surface area (Å²) in [5.41, 5.74) is 0.629. The summed E-state index contributed by atoms with van der Waals surface area (Å²) in [6.45, 7) is 2.29. The summed E-state index contributed by atoms with van der Waals surface area (Å²) in [4.78, 5) is 27.9. The van der Waals surface area contributed by atoms with Crippen molar-refractivity contribution < 1.29 is 14.3 Å². The molecule has 3 amide bonds. The minimum atomic E-state index is -0.116. The maximum absolute atomic E-state index is 12.4. The molecule has 126 valence electrons. The lowest BCUT2D eigenvalue weighted by atomic mass is 10.1. The van der Waals surface area contributed by atoms with Crippen molar-refractivity contribution in [3.63, 3.8) is 0 Å². The Morgan fingerprint density at radius 2 is 1.83 bits per heavy atom. The van der Waals surface area contributed by atoms with Gasteiger partial charge in [-0.3, -0.25) is 4.79 Å². The number of carbonyl (C=O) groups excluding carboxylic acids is 2. The Hall–Kier alpha value is -2.08. The van der Waals surface area contributed by atoms with E-state index in [1.54, 1.807) is 31.1 Å². The van der Waals surface area contributed by atoms with Crippen LogP contribution in [-0.2, 0) is 4.74 Å². The Bertz CT molecular complexity index is 513. The van der Waals surface area contributed by atoms with Crippen LogP contribution in [0.25, 0.3) is 0 Å². The molecular weight excluding hydrogens is 294 g/mol. The molecular formula is C17H25N3O3. The van der Waals surface area contributed by atoms with Gasteiger partial charge in [0.25, 0.3) is 5.91 Å². The van der Waals surface area contributed by atoms with Crippen molar-refractivity contribution in [1.29, 1.82) is 0 Å². The van der Waals surface area contributed by atoms with Gasteiger partial charge in [-0.05, 0) is 25.0 Å². The second kappa shape index (κ2) is 8.53. The van der Waals surface area contributed by atoms with Crippen molar-refractivity contribution in [1.82, 2.24) is 15.1 Å². The molecule has 0 saturated carbocycles. The van der Waals surface area contributed by atoms with Crippen LogP contribution in [0.5, 0.6) is 0 Å². The molecule has 0 bridgehead atoms. The van der Waals surface area contributed by atoms with Gasteiger partial charge in [0.2, 0.25) is 0 Å². The van der Waals surface area contributed by atoms with Gasteiger partial charge in [-0.1, -0.05) is 18.2 Å². The monoisotopic (exact) mass is 319 g/mol. The predicted octanol–water partition coefficient (Wildman–Crippen LogP) is 1.58. The maximum Gasteiger partial charge on any atom is 0.319 e. The quantitative estimate of drug-likeness (QED) is 0.896. The van der Waals surface area contributed by atoms with E-state index in [2.05, 4.69) is 5.32 Å². The molecule has 1 saturated heterocycles. The summed E-state index contributed by atoms with van der Waals surface area (Å²) < 4.78 is 5.37. The van der Waals surface area contributed by atoms with Gasteiger partial charge in [-0.2, -0.15) is 0 Å². The topological polar surface area (TPSA) is 61.9 Å². The second-order valence-electron chi connectivity index (χ2n) is 5.84. The Morgan fingerprint density at radius 3 is 2.43 bits per heavy atom. The highest BCUT2D eigenvalue weighted by Crippen LogP contribution is 2.15. The van der Waals surface area contributed by atoms with Crippen LogP contribution in [-0.4, -0.2) is 68.2 Å². The van der Waals surface area contributed by atoms with Crippen molar-refractivity contribution in [2.24, 2.45) is 0 Å². The lowest BCUT2D eigenvalue weighted by Crippen LogP contribution is -2.50. The molecule has 1 N–H and O–H groups in total. The minimum Gasteiger partial charge on any atom is -0.381 e. The predicted molar refractivity (Wildman–Crippen MR) is 88.4 cm³/mol. The van der Waals surface area contributed by atoms with E-state index in [0.717, 1.165) is 12.8 Å². The number of nitrogens with one attached hydrogen (secondary N) is 1. The van der Waals surface area contributed by atoms with Crippen molar-refractivity contribution >= 4 is 11.9 Å². The van der Waals surface area contributed by atoms with E-state index in [4.69, 9.17) is 4.74 Å². The first kappa shape index (κ1) is 17.3.